The molecule has 0 spiro atoms. The smallest absolute Gasteiger partial charge is 0.282 e. The average Bonchev–Trinajstić information content (AvgIpc) is 3.07. The summed E-state index contributed by atoms with van der Waals surface area (Å²) in [6, 6.07) is 24.0. The maximum atomic E-state index is 12.7. The van der Waals surface area contributed by atoms with Gasteiger partial charge >= 0.3 is 0 Å². The maximum Gasteiger partial charge on any atom is 0.282 e. The van der Waals surface area contributed by atoms with Gasteiger partial charge in [-0.1, -0.05) is 48.0 Å². The van der Waals surface area contributed by atoms with E-state index in [2.05, 4.69) is 5.43 Å². The molecular weight excluding hydrogens is 392 g/mol. The van der Waals surface area contributed by atoms with Crippen LogP contribution in [0.15, 0.2) is 84.4 Å². The zero-order chi connectivity index (χ0) is 21.6. The number of nitrogens with one attached hydrogen (secondary N) is 1. The minimum absolute atomic E-state index is 0.0729. The van der Waals surface area contributed by atoms with Crippen LogP contribution in [0.1, 0.15) is 11.1 Å². The van der Waals surface area contributed by atoms with Gasteiger partial charge in [-0.25, -0.2) is 5.01 Å². The van der Waals surface area contributed by atoms with Crippen LogP contribution in [0, 0.1) is 6.92 Å². The molecule has 0 saturated carbocycles. The number of carbonyl (C=O) groups excluding carboxylic acids is 2. The van der Waals surface area contributed by atoms with Crippen LogP contribution in [-0.4, -0.2) is 25.0 Å². The first kappa shape index (κ1) is 20.2. The van der Waals surface area contributed by atoms with Crippen LogP contribution in [-0.2, 0) is 9.59 Å². The van der Waals surface area contributed by atoms with Crippen molar-refractivity contribution >= 4 is 23.6 Å². The van der Waals surface area contributed by atoms with Gasteiger partial charge in [0.15, 0.2) is 0 Å². The third-order valence-electron chi connectivity index (χ3n) is 4.72. The van der Waals surface area contributed by atoms with E-state index in [1.165, 1.54) is 10.6 Å². The Morgan fingerprint density at radius 3 is 2.29 bits per heavy atom. The van der Waals surface area contributed by atoms with Crippen LogP contribution in [0.2, 0.25) is 0 Å². The van der Waals surface area contributed by atoms with Crippen molar-refractivity contribution in [1.82, 2.24) is 5.43 Å². The molecule has 0 atom stereocenters. The lowest BCUT2D eigenvalue weighted by Gasteiger charge is -2.13. The summed E-state index contributed by atoms with van der Waals surface area (Å²) in [6.45, 7) is 2.80. The summed E-state index contributed by atoms with van der Waals surface area (Å²) in [4.78, 5) is 25.0. The standard InChI is InChI=1S/C25H22N2O4/c1-18-10-12-21(13-11-18)30-14-15-31-22-9-5-6-19(16-22)17-23-24(28)26-27(25(23)29)20-7-3-2-4-8-20/h2-13,16-17H,14-15H2,1H3,(H,26,28)/b23-17-. The molecule has 3 aromatic rings. The Labute approximate surface area is 180 Å². The number of hydrogen-bond donors (Lipinski definition) is 1. The van der Waals surface area contributed by atoms with E-state index in [0.717, 1.165) is 5.75 Å². The fraction of sp³-hybridized carbons (Fsp3) is 0.120. The Bertz CT molecular complexity index is 1110. The lowest BCUT2D eigenvalue weighted by molar-refractivity contribution is -0.117. The molecule has 6 heteroatoms. The SMILES string of the molecule is Cc1ccc(OCCOc2cccc(/C=C3/C(=O)NN(c4ccccc4)C3=O)c2)cc1. The summed E-state index contributed by atoms with van der Waals surface area (Å²) < 4.78 is 11.4. The van der Waals surface area contributed by atoms with E-state index in [0.29, 0.717) is 30.2 Å². The molecule has 1 heterocycles. The van der Waals surface area contributed by atoms with Gasteiger partial charge in [0.1, 0.15) is 30.3 Å². The number of carbonyl (C=O) groups is 2. The highest BCUT2D eigenvalue weighted by Gasteiger charge is 2.34. The summed E-state index contributed by atoms with van der Waals surface area (Å²) in [5.74, 6) is 0.592. The molecule has 4 rings (SSSR count). The van der Waals surface area contributed by atoms with Crippen molar-refractivity contribution in [3.8, 4) is 11.5 Å². The normalized spacial score (nSPS) is 14.6. The zero-order valence-electron chi connectivity index (χ0n) is 17.1. The van der Waals surface area contributed by atoms with Crippen LogP contribution in [0.25, 0.3) is 6.08 Å². The quantitative estimate of drug-likeness (QED) is 0.362. The second-order valence-electron chi connectivity index (χ2n) is 7.06. The summed E-state index contributed by atoms with van der Waals surface area (Å²) >= 11 is 0. The molecule has 1 aliphatic rings. The summed E-state index contributed by atoms with van der Waals surface area (Å²) in [5.41, 5.74) is 5.15. The van der Waals surface area contributed by atoms with Crippen molar-refractivity contribution < 1.29 is 19.1 Å². The van der Waals surface area contributed by atoms with Crippen molar-refractivity contribution in [1.29, 1.82) is 0 Å². The van der Waals surface area contributed by atoms with Gasteiger partial charge in [0.05, 0.1) is 5.69 Å². The molecule has 1 aliphatic heterocycles. The summed E-state index contributed by atoms with van der Waals surface area (Å²) in [6.07, 6.45) is 1.57. The van der Waals surface area contributed by atoms with E-state index in [-0.39, 0.29) is 5.57 Å². The summed E-state index contributed by atoms with van der Waals surface area (Å²) in [5, 5.41) is 1.25. The Kier molecular flexibility index (Phi) is 5.98. The molecule has 0 bridgehead atoms. The molecule has 1 fully saturated rings. The van der Waals surface area contributed by atoms with Gasteiger partial charge in [-0.3, -0.25) is 15.0 Å². The van der Waals surface area contributed by atoms with Crippen molar-refractivity contribution in [3.05, 3.63) is 95.6 Å². The minimum Gasteiger partial charge on any atom is -0.490 e. The molecule has 6 nitrogen and oxygen atoms in total. The highest BCUT2D eigenvalue weighted by Crippen LogP contribution is 2.22. The van der Waals surface area contributed by atoms with Crippen LogP contribution < -0.4 is 19.9 Å². The number of nitrogens with zero attached hydrogens (tertiary/aromatic N) is 1. The first-order valence-electron chi connectivity index (χ1n) is 9.95. The first-order valence-corrected chi connectivity index (χ1v) is 9.95. The molecule has 3 aromatic carbocycles. The van der Waals surface area contributed by atoms with Crippen LogP contribution >= 0.6 is 0 Å². The fourth-order valence-electron chi connectivity index (χ4n) is 3.13. The van der Waals surface area contributed by atoms with Crippen molar-refractivity contribution in [2.45, 2.75) is 6.92 Å². The lowest BCUT2D eigenvalue weighted by atomic mass is 10.1. The van der Waals surface area contributed by atoms with Gasteiger partial charge in [-0.15, -0.1) is 0 Å². The number of rotatable bonds is 7. The number of benzene rings is 3. The molecule has 0 aliphatic carbocycles. The van der Waals surface area contributed by atoms with Gasteiger partial charge < -0.3 is 9.47 Å². The average molecular weight is 414 g/mol. The van der Waals surface area contributed by atoms with Gasteiger partial charge in [0, 0.05) is 0 Å². The Morgan fingerprint density at radius 1 is 0.839 bits per heavy atom. The van der Waals surface area contributed by atoms with Crippen LogP contribution in [0.4, 0.5) is 5.69 Å². The monoisotopic (exact) mass is 414 g/mol. The third kappa shape index (κ3) is 4.93. The molecule has 0 unspecified atom stereocenters. The first-order chi connectivity index (χ1) is 15.1. The van der Waals surface area contributed by atoms with Crippen LogP contribution in [0.3, 0.4) is 0 Å². The van der Waals surface area contributed by atoms with Gasteiger partial charge in [0.2, 0.25) is 0 Å². The molecule has 0 aromatic heterocycles. The molecule has 0 radical (unpaired) electrons. The predicted octanol–water partition coefficient (Wildman–Crippen LogP) is 3.91. The molecule has 31 heavy (non-hydrogen) atoms. The second kappa shape index (κ2) is 9.17. The van der Waals surface area contributed by atoms with Crippen molar-refractivity contribution in [2.75, 3.05) is 18.2 Å². The maximum absolute atomic E-state index is 12.7. The van der Waals surface area contributed by atoms with E-state index in [4.69, 9.17) is 9.47 Å². The number of ether oxygens (including phenoxy) is 2. The Hall–Kier alpha value is -4.06. The van der Waals surface area contributed by atoms with Crippen LogP contribution in [0.5, 0.6) is 11.5 Å². The predicted molar refractivity (Wildman–Crippen MR) is 119 cm³/mol. The number of hydrogen-bond acceptors (Lipinski definition) is 4. The molecule has 2 amide bonds. The number of aryl methyl sites for hydroxylation is 1. The van der Waals surface area contributed by atoms with E-state index in [9.17, 15) is 9.59 Å². The number of para-hydroxylation sites is 1. The number of anilines is 1. The largest absolute Gasteiger partial charge is 0.490 e. The number of amides is 2. The van der Waals surface area contributed by atoms with E-state index < -0.39 is 11.8 Å². The topological polar surface area (TPSA) is 67.9 Å². The molecule has 1 saturated heterocycles. The zero-order valence-corrected chi connectivity index (χ0v) is 17.1. The van der Waals surface area contributed by atoms with Gasteiger partial charge in [0.25, 0.3) is 11.8 Å². The van der Waals surface area contributed by atoms with Crippen molar-refractivity contribution in [3.63, 3.8) is 0 Å². The Morgan fingerprint density at radius 2 is 1.55 bits per heavy atom. The molecule has 1 N–H and O–H groups in total. The van der Waals surface area contributed by atoms with Crippen molar-refractivity contribution in [2.24, 2.45) is 0 Å². The number of hydrazine groups is 1. The molecular formula is C25H22N2O4. The third-order valence-corrected chi connectivity index (χ3v) is 4.72. The summed E-state index contributed by atoms with van der Waals surface area (Å²) in [7, 11) is 0. The van der Waals surface area contributed by atoms with Gasteiger partial charge in [-0.05, 0) is 55.0 Å². The Balaban J connectivity index is 1.38. The lowest BCUT2D eigenvalue weighted by Crippen LogP contribution is -2.35. The second-order valence-corrected chi connectivity index (χ2v) is 7.06. The van der Waals surface area contributed by atoms with E-state index in [1.54, 1.807) is 36.4 Å². The van der Waals surface area contributed by atoms with Gasteiger partial charge in [-0.2, -0.15) is 0 Å². The highest BCUT2D eigenvalue weighted by molar-refractivity contribution is 6.31. The minimum atomic E-state index is -0.438. The van der Waals surface area contributed by atoms with E-state index in [1.807, 2.05) is 55.5 Å². The fourth-order valence-corrected chi connectivity index (χ4v) is 3.13. The van der Waals surface area contributed by atoms with E-state index >= 15 is 0 Å². The molecule has 156 valence electrons. The highest BCUT2D eigenvalue weighted by atomic mass is 16.5.